The number of aromatic nitrogens is 1. The monoisotopic (exact) mass is 276 g/mol. The first-order valence-corrected chi connectivity index (χ1v) is 6.84. The van der Waals surface area contributed by atoms with E-state index in [0.29, 0.717) is 6.54 Å². The zero-order valence-electron chi connectivity index (χ0n) is 10.9. The molecule has 0 fully saturated rings. The number of rotatable bonds is 5. The lowest BCUT2D eigenvalue weighted by atomic mass is 10.1. The molecule has 4 nitrogen and oxygen atoms in total. The van der Waals surface area contributed by atoms with E-state index in [2.05, 4.69) is 4.98 Å². The van der Waals surface area contributed by atoms with Crippen molar-refractivity contribution in [2.45, 2.75) is 19.5 Å². The van der Waals surface area contributed by atoms with Crippen molar-refractivity contribution in [3.8, 4) is 0 Å². The number of nitrogens with zero attached hydrogens (tertiary/aromatic N) is 2. The van der Waals surface area contributed by atoms with E-state index in [4.69, 9.17) is 0 Å². The van der Waals surface area contributed by atoms with Crippen molar-refractivity contribution < 1.29 is 9.90 Å². The van der Waals surface area contributed by atoms with Gasteiger partial charge in [-0.05, 0) is 19.5 Å². The topological polar surface area (TPSA) is 53.4 Å². The van der Waals surface area contributed by atoms with Crippen LogP contribution in [0.15, 0.2) is 35.8 Å². The van der Waals surface area contributed by atoms with Crippen LogP contribution in [-0.4, -0.2) is 28.0 Å². The molecule has 1 atom stereocenters. The van der Waals surface area contributed by atoms with Crippen LogP contribution in [-0.2, 0) is 11.3 Å². The van der Waals surface area contributed by atoms with Gasteiger partial charge in [-0.1, -0.05) is 30.3 Å². The van der Waals surface area contributed by atoms with E-state index in [1.165, 1.54) is 0 Å². The molecular weight excluding hydrogens is 260 g/mol. The van der Waals surface area contributed by atoms with Crippen LogP contribution in [0.2, 0.25) is 0 Å². The van der Waals surface area contributed by atoms with Crippen LogP contribution in [0.3, 0.4) is 0 Å². The summed E-state index contributed by atoms with van der Waals surface area (Å²) in [7, 11) is 1.82. The SMILES string of the molecule is Cc1ncsc1CN(C)C(C(=O)O)c1ccccc1. The Morgan fingerprint density at radius 3 is 2.63 bits per heavy atom. The van der Waals surface area contributed by atoms with Crippen LogP contribution in [0.4, 0.5) is 0 Å². The molecule has 19 heavy (non-hydrogen) atoms. The molecule has 5 heteroatoms. The quantitative estimate of drug-likeness (QED) is 0.912. The van der Waals surface area contributed by atoms with Crippen molar-refractivity contribution >= 4 is 17.3 Å². The second kappa shape index (κ2) is 5.95. The van der Waals surface area contributed by atoms with Crippen LogP contribution >= 0.6 is 11.3 Å². The molecule has 0 bridgehead atoms. The molecule has 0 saturated carbocycles. The van der Waals surface area contributed by atoms with Gasteiger partial charge in [0.15, 0.2) is 0 Å². The molecule has 0 radical (unpaired) electrons. The number of thiazole rings is 1. The smallest absolute Gasteiger partial charge is 0.325 e. The number of hydrogen-bond acceptors (Lipinski definition) is 4. The molecule has 0 spiro atoms. The summed E-state index contributed by atoms with van der Waals surface area (Å²) >= 11 is 1.56. The fraction of sp³-hybridized carbons (Fsp3) is 0.286. The van der Waals surface area contributed by atoms with Crippen molar-refractivity contribution in [1.29, 1.82) is 0 Å². The Labute approximate surface area is 116 Å². The fourth-order valence-electron chi connectivity index (χ4n) is 2.02. The van der Waals surface area contributed by atoms with Gasteiger partial charge in [0.1, 0.15) is 6.04 Å². The molecule has 0 saturated heterocycles. The number of carboxylic acids is 1. The second-order valence-corrected chi connectivity index (χ2v) is 5.37. The van der Waals surface area contributed by atoms with Gasteiger partial charge in [-0.2, -0.15) is 0 Å². The Kier molecular flexibility index (Phi) is 4.29. The first-order chi connectivity index (χ1) is 9.09. The van der Waals surface area contributed by atoms with Crippen molar-refractivity contribution in [2.75, 3.05) is 7.05 Å². The van der Waals surface area contributed by atoms with E-state index in [9.17, 15) is 9.90 Å². The number of aliphatic carboxylic acids is 1. The highest BCUT2D eigenvalue weighted by atomic mass is 32.1. The van der Waals surface area contributed by atoms with Gasteiger partial charge < -0.3 is 5.11 Å². The molecule has 1 aromatic carbocycles. The summed E-state index contributed by atoms with van der Waals surface area (Å²) in [6, 6.07) is 8.65. The van der Waals surface area contributed by atoms with Crippen LogP contribution < -0.4 is 0 Å². The van der Waals surface area contributed by atoms with E-state index in [1.54, 1.807) is 16.8 Å². The molecule has 1 unspecified atom stereocenters. The summed E-state index contributed by atoms with van der Waals surface area (Å²) in [5, 5.41) is 9.44. The third kappa shape index (κ3) is 3.19. The normalized spacial score (nSPS) is 12.6. The van der Waals surface area contributed by atoms with Gasteiger partial charge in [-0.3, -0.25) is 9.69 Å². The van der Waals surface area contributed by atoms with E-state index < -0.39 is 12.0 Å². The van der Waals surface area contributed by atoms with E-state index in [-0.39, 0.29) is 0 Å². The highest BCUT2D eigenvalue weighted by Gasteiger charge is 2.25. The molecule has 0 aliphatic carbocycles. The number of carbonyl (C=O) groups is 1. The number of benzene rings is 1. The minimum absolute atomic E-state index is 0.586. The first kappa shape index (κ1) is 13.7. The number of hydrogen-bond donors (Lipinski definition) is 1. The van der Waals surface area contributed by atoms with Gasteiger partial charge in [0.05, 0.1) is 11.2 Å². The van der Waals surface area contributed by atoms with Gasteiger partial charge in [0.25, 0.3) is 0 Å². The van der Waals surface area contributed by atoms with Crippen molar-refractivity contribution in [2.24, 2.45) is 0 Å². The Bertz CT molecular complexity index is 554. The number of likely N-dealkylation sites (N-methyl/N-ethyl adjacent to an activating group) is 1. The summed E-state index contributed by atoms with van der Waals surface area (Å²) in [4.78, 5) is 18.6. The maximum absolute atomic E-state index is 11.5. The lowest BCUT2D eigenvalue weighted by molar-refractivity contribution is -0.143. The predicted molar refractivity (Wildman–Crippen MR) is 75.1 cm³/mol. The van der Waals surface area contributed by atoms with Gasteiger partial charge in [0, 0.05) is 11.4 Å². The third-order valence-corrected chi connectivity index (χ3v) is 3.95. The first-order valence-electron chi connectivity index (χ1n) is 5.96. The Balaban J connectivity index is 2.21. The molecule has 100 valence electrons. The molecule has 0 aliphatic heterocycles. The second-order valence-electron chi connectivity index (χ2n) is 4.43. The van der Waals surface area contributed by atoms with Crippen LogP contribution in [0.25, 0.3) is 0 Å². The minimum atomic E-state index is -0.837. The van der Waals surface area contributed by atoms with Crippen molar-refractivity contribution in [1.82, 2.24) is 9.88 Å². The van der Waals surface area contributed by atoms with Crippen molar-refractivity contribution in [3.05, 3.63) is 52.0 Å². The molecule has 0 aliphatic rings. The van der Waals surface area contributed by atoms with Crippen molar-refractivity contribution in [3.63, 3.8) is 0 Å². The van der Waals surface area contributed by atoms with E-state index in [1.807, 2.05) is 49.2 Å². The molecule has 2 rings (SSSR count). The Hall–Kier alpha value is -1.72. The Morgan fingerprint density at radius 1 is 1.42 bits per heavy atom. The van der Waals surface area contributed by atoms with Gasteiger partial charge >= 0.3 is 5.97 Å². The fourth-order valence-corrected chi connectivity index (χ4v) is 2.86. The number of carboxylic acid groups (broad SMARTS) is 1. The van der Waals surface area contributed by atoms with Crippen LogP contribution in [0.1, 0.15) is 22.2 Å². The predicted octanol–water partition coefficient (Wildman–Crippen LogP) is 2.71. The molecule has 2 aromatic rings. The average molecular weight is 276 g/mol. The average Bonchev–Trinajstić information content (AvgIpc) is 2.76. The summed E-state index contributed by atoms with van der Waals surface area (Å²) in [6.45, 7) is 2.53. The van der Waals surface area contributed by atoms with E-state index in [0.717, 1.165) is 16.1 Å². The third-order valence-electron chi connectivity index (χ3n) is 3.03. The zero-order chi connectivity index (χ0) is 13.8. The highest BCUT2D eigenvalue weighted by molar-refractivity contribution is 7.09. The van der Waals surface area contributed by atoms with Gasteiger partial charge in [0.2, 0.25) is 0 Å². The summed E-state index contributed by atoms with van der Waals surface area (Å²) in [5.74, 6) is -0.837. The lowest BCUT2D eigenvalue weighted by Gasteiger charge is -2.24. The zero-order valence-corrected chi connectivity index (χ0v) is 11.7. The largest absolute Gasteiger partial charge is 0.480 e. The molecule has 1 aromatic heterocycles. The maximum atomic E-state index is 11.5. The summed E-state index contributed by atoms with van der Waals surface area (Å²) in [6.07, 6.45) is 0. The molecule has 0 amide bonds. The summed E-state index contributed by atoms with van der Waals surface area (Å²) < 4.78 is 0. The van der Waals surface area contributed by atoms with Gasteiger partial charge in [-0.15, -0.1) is 11.3 Å². The summed E-state index contributed by atoms with van der Waals surface area (Å²) in [5.41, 5.74) is 3.55. The van der Waals surface area contributed by atoms with Gasteiger partial charge in [-0.25, -0.2) is 4.98 Å². The van der Waals surface area contributed by atoms with Crippen LogP contribution in [0.5, 0.6) is 0 Å². The maximum Gasteiger partial charge on any atom is 0.325 e. The molecule has 1 N–H and O–H groups in total. The highest BCUT2D eigenvalue weighted by Crippen LogP contribution is 2.23. The Morgan fingerprint density at radius 2 is 2.11 bits per heavy atom. The standard InChI is InChI=1S/C14H16N2O2S/c1-10-12(19-9-15-10)8-16(2)13(14(17)18)11-6-4-3-5-7-11/h3-7,9,13H,8H2,1-2H3,(H,17,18). The van der Waals surface area contributed by atoms with Crippen LogP contribution in [0, 0.1) is 6.92 Å². The minimum Gasteiger partial charge on any atom is -0.480 e. The van der Waals surface area contributed by atoms with E-state index >= 15 is 0 Å². The molecule has 1 heterocycles. The lowest BCUT2D eigenvalue weighted by Crippen LogP contribution is -2.30. The number of aryl methyl sites for hydroxylation is 1. The molecular formula is C14H16N2O2S.